The fourth-order valence-electron chi connectivity index (χ4n) is 3.92. The zero-order chi connectivity index (χ0) is 24.7. The molecule has 0 bridgehead atoms. The summed E-state index contributed by atoms with van der Waals surface area (Å²) in [5, 5.41) is 21.3. The summed E-state index contributed by atoms with van der Waals surface area (Å²) >= 11 is 0. The number of hydrogen-bond donors (Lipinski definition) is 2. The topological polar surface area (TPSA) is 106 Å². The van der Waals surface area contributed by atoms with E-state index in [-0.39, 0.29) is 29.4 Å². The van der Waals surface area contributed by atoms with Crippen LogP contribution < -0.4 is 9.47 Å². The van der Waals surface area contributed by atoms with Gasteiger partial charge in [-0.15, -0.1) is 0 Å². The number of nitrogens with zero attached hydrogens (tertiary/aromatic N) is 1. The maximum absolute atomic E-state index is 13.1. The molecule has 1 unspecified atom stereocenters. The maximum atomic E-state index is 13.1. The number of rotatable bonds is 11. The number of aliphatic hydroxyl groups excluding tert-OH is 1. The van der Waals surface area contributed by atoms with Crippen molar-refractivity contribution < 1.29 is 34.0 Å². The number of aromatic hydroxyl groups is 1. The maximum Gasteiger partial charge on any atom is 0.295 e. The molecule has 1 aliphatic heterocycles. The lowest BCUT2D eigenvalue weighted by Crippen LogP contribution is -2.31. The summed E-state index contributed by atoms with van der Waals surface area (Å²) in [4.78, 5) is 27.5. The first-order chi connectivity index (χ1) is 16.4. The zero-order valence-electron chi connectivity index (χ0n) is 19.7. The van der Waals surface area contributed by atoms with Gasteiger partial charge in [0.1, 0.15) is 11.5 Å². The normalized spacial score (nSPS) is 17.3. The number of amides is 1. The number of hydrogen-bond acceptors (Lipinski definition) is 7. The number of likely N-dealkylation sites (tertiary alicyclic amines) is 1. The fourth-order valence-corrected chi connectivity index (χ4v) is 3.92. The third-order valence-electron chi connectivity index (χ3n) is 5.68. The molecule has 3 rings (SSSR count). The zero-order valence-corrected chi connectivity index (χ0v) is 19.7. The summed E-state index contributed by atoms with van der Waals surface area (Å²) in [6.45, 7) is 3.27. The summed E-state index contributed by atoms with van der Waals surface area (Å²) in [6, 6.07) is 10.6. The van der Waals surface area contributed by atoms with Crippen LogP contribution in [0, 0.1) is 0 Å². The number of aliphatic hydroxyl groups is 1. The van der Waals surface area contributed by atoms with Gasteiger partial charge >= 0.3 is 0 Å². The number of ketones is 1. The van der Waals surface area contributed by atoms with E-state index >= 15 is 0 Å². The van der Waals surface area contributed by atoms with Gasteiger partial charge in [-0.2, -0.15) is 0 Å². The molecule has 0 radical (unpaired) electrons. The van der Waals surface area contributed by atoms with Crippen molar-refractivity contribution in [3.05, 3.63) is 59.2 Å². The van der Waals surface area contributed by atoms with Gasteiger partial charge < -0.3 is 29.3 Å². The van der Waals surface area contributed by atoms with Gasteiger partial charge in [0.25, 0.3) is 11.7 Å². The van der Waals surface area contributed by atoms with E-state index in [1.165, 1.54) is 18.1 Å². The summed E-state index contributed by atoms with van der Waals surface area (Å²) in [5.74, 6) is -1.07. The van der Waals surface area contributed by atoms with Crippen LogP contribution in [0.3, 0.4) is 0 Å². The lowest BCUT2D eigenvalue weighted by atomic mass is 9.95. The minimum absolute atomic E-state index is 0.0270. The lowest BCUT2D eigenvalue weighted by molar-refractivity contribution is -0.140. The van der Waals surface area contributed by atoms with Crippen LogP contribution in [0.25, 0.3) is 5.76 Å². The summed E-state index contributed by atoms with van der Waals surface area (Å²) in [6.07, 6.45) is 2.39. The largest absolute Gasteiger partial charge is 0.507 e. The van der Waals surface area contributed by atoms with E-state index in [9.17, 15) is 19.8 Å². The Morgan fingerprint density at radius 1 is 1.06 bits per heavy atom. The minimum atomic E-state index is -0.851. The van der Waals surface area contributed by atoms with E-state index in [4.69, 9.17) is 14.2 Å². The third kappa shape index (κ3) is 5.34. The van der Waals surface area contributed by atoms with Crippen molar-refractivity contribution in [3.8, 4) is 17.2 Å². The van der Waals surface area contributed by atoms with Crippen molar-refractivity contribution in [1.29, 1.82) is 0 Å². The van der Waals surface area contributed by atoms with Gasteiger partial charge in [-0.05, 0) is 42.7 Å². The average Bonchev–Trinajstić information content (AvgIpc) is 3.09. The standard InChI is InChI=1S/C26H31NO7/c1-4-5-14-34-19-9-6-8-18(15-19)24(29)22-23(17-10-11-20(28)21(16-17)33-3)27(12-7-13-32-2)26(31)25(22)30/h6,8-11,15-16,23,28-29H,4-5,7,12-14H2,1-3H3/b24-22+. The molecule has 0 aromatic heterocycles. The number of phenolic OH excluding ortho intramolecular Hbond substituents is 1. The second-order valence-corrected chi connectivity index (χ2v) is 8.00. The minimum Gasteiger partial charge on any atom is -0.507 e. The predicted octanol–water partition coefficient (Wildman–Crippen LogP) is 4.04. The van der Waals surface area contributed by atoms with Crippen molar-refractivity contribution in [2.75, 3.05) is 34.0 Å². The first-order valence-corrected chi connectivity index (χ1v) is 11.3. The van der Waals surface area contributed by atoms with Crippen molar-refractivity contribution in [3.63, 3.8) is 0 Å². The van der Waals surface area contributed by atoms with Crippen molar-refractivity contribution in [2.24, 2.45) is 0 Å². The van der Waals surface area contributed by atoms with Gasteiger partial charge in [-0.25, -0.2) is 0 Å². The number of carbonyl (C=O) groups is 2. The highest BCUT2D eigenvalue weighted by Gasteiger charge is 2.46. The monoisotopic (exact) mass is 469 g/mol. The molecule has 1 fully saturated rings. The second-order valence-electron chi connectivity index (χ2n) is 8.00. The van der Waals surface area contributed by atoms with E-state index in [0.717, 1.165) is 12.8 Å². The molecule has 182 valence electrons. The Morgan fingerprint density at radius 2 is 1.85 bits per heavy atom. The summed E-state index contributed by atoms with van der Waals surface area (Å²) in [5.41, 5.74) is 0.878. The molecule has 0 aliphatic carbocycles. The molecule has 2 N–H and O–H groups in total. The van der Waals surface area contributed by atoms with Gasteiger partial charge in [-0.3, -0.25) is 9.59 Å². The highest BCUT2D eigenvalue weighted by Crippen LogP contribution is 2.42. The Kier molecular flexibility index (Phi) is 8.54. The highest BCUT2D eigenvalue weighted by atomic mass is 16.5. The quantitative estimate of drug-likeness (QED) is 0.221. The van der Waals surface area contributed by atoms with Crippen molar-refractivity contribution in [1.82, 2.24) is 4.90 Å². The lowest BCUT2D eigenvalue weighted by Gasteiger charge is -2.25. The van der Waals surface area contributed by atoms with Crippen LogP contribution in [0.1, 0.15) is 43.4 Å². The Morgan fingerprint density at radius 3 is 2.56 bits per heavy atom. The van der Waals surface area contributed by atoms with E-state index in [1.54, 1.807) is 43.5 Å². The number of unbranched alkanes of at least 4 members (excludes halogenated alkanes) is 1. The van der Waals surface area contributed by atoms with Crippen LogP contribution >= 0.6 is 0 Å². The van der Waals surface area contributed by atoms with E-state index in [0.29, 0.717) is 36.5 Å². The van der Waals surface area contributed by atoms with Crippen LogP contribution in [0.15, 0.2) is 48.0 Å². The molecule has 2 aromatic rings. The molecule has 0 spiro atoms. The number of methoxy groups -OCH3 is 2. The summed E-state index contributed by atoms with van der Waals surface area (Å²) in [7, 11) is 2.98. The van der Waals surface area contributed by atoms with Gasteiger partial charge in [-0.1, -0.05) is 31.5 Å². The Bertz CT molecular complexity index is 1060. The van der Waals surface area contributed by atoms with Gasteiger partial charge in [0, 0.05) is 25.8 Å². The van der Waals surface area contributed by atoms with Gasteiger partial charge in [0.05, 0.1) is 25.3 Å². The Balaban J connectivity index is 2.08. The Labute approximate surface area is 199 Å². The molecule has 1 heterocycles. The van der Waals surface area contributed by atoms with Crippen LogP contribution in [0.4, 0.5) is 0 Å². The molecule has 1 aliphatic rings. The highest BCUT2D eigenvalue weighted by molar-refractivity contribution is 6.46. The van der Waals surface area contributed by atoms with E-state index in [2.05, 4.69) is 6.92 Å². The first kappa shape index (κ1) is 25.1. The molecular formula is C26H31NO7. The van der Waals surface area contributed by atoms with Crippen molar-refractivity contribution in [2.45, 2.75) is 32.2 Å². The second kappa shape index (κ2) is 11.6. The predicted molar refractivity (Wildman–Crippen MR) is 127 cm³/mol. The number of phenols is 1. The van der Waals surface area contributed by atoms with E-state index in [1.807, 2.05) is 0 Å². The first-order valence-electron chi connectivity index (χ1n) is 11.3. The Hall–Kier alpha value is -3.52. The summed E-state index contributed by atoms with van der Waals surface area (Å²) < 4.78 is 16.1. The van der Waals surface area contributed by atoms with Gasteiger partial charge in [0.2, 0.25) is 0 Å². The smallest absolute Gasteiger partial charge is 0.295 e. The average molecular weight is 470 g/mol. The molecule has 1 atom stereocenters. The van der Waals surface area contributed by atoms with E-state index < -0.39 is 17.7 Å². The fraction of sp³-hybridized carbons (Fsp3) is 0.385. The molecule has 0 saturated carbocycles. The van der Waals surface area contributed by atoms with Gasteiger partial charge in [0.15, 0.2) is 11.5 Å². The third-order valence-corrected chi connectivity index (χ3v) is 5.68. The molecule has 34 heavy (non-hydrogen) atoms. The number of ether oxygens (including phenoxy) is 3. The van der Waals surface area contributed by atoms with Crippen LogP contribution in [-0.4, -0.2) is 60.8 Å². The van der Waals surface area contributed by atoms with Crippen LogP contribution in [0.5, 0.6) is 17.2 Å². The molecule has 2 aromatic carbocycles. The molecule has 8 heteroatoms. The number of benzene rings is 2. The number of carbonyl (C=O) groups excluding carboxylic acids is 2. The number of Topliss-reactive ketones (excluding diaryl/α,β-unsaturated/α-hetero) is 1. The molecule has 1 amide bonds. The van der Waals surface area contributed by atoms with Crippen molar-refractivity contribution >= 4 is 17.4 Å². The molecule has 8 nitrogen and oxygen atoms in total. The SMILES string of the molecule is CCCCOc1cccc(/C(O)=C2\C(=O)C(=O)N(CCCOC)C2c2ccc(O)c(OC)c2)c1. The molecular weight excluding hydrogens is 438 g/mol. The molecule has 1 saturated heterocycles. The van der Waals surface area contributed by atoms with Crippen LogP contribution in [-0.2, 0) is 14.3 Å². The van der Waals surface area contributed by atoms with Crippen LogP contribution in [0.2, 0.25) is 0 Å².